The fourth-order valence-corrected chi connectivity index (χ4v) is 3.21. The minimum absolute atomic E-state index is 0.102. The number of carbonyl (C=O) groups is 1. The lowest BCUT2D eigenvalue weighted by atomic mass is 9.91. The van der Waals surface area contributed by atoms with Crippen LogP contribution in [-0.2, 0) is 6.18 Å². The Bertz CT molecular complexity index is 840. The second kappa shape index (κ2) is 7.51. The summed E-state index contributed by atoms with van der Waals surface area (Å²) in [5, 5.41) is 3.07. The largest absolute Gasteiger partial charge is 0.418 e. The maximum atomic E-state index is 13.4. The Morgan fingerprint density at radius 1 is 1.19 bits per heavy atom. The van der Waals surface area contributed by atoms with Crippen LogP contribution in [0.4, 0.5) is 24.8 Å². The fraction of sp³-hybridized carbons (Fsp3) is 0.389. The number of alkyl halides is 3. The van der Waals surface area contributed by atoms with Crippen LogP contribution in [0.25, 0.3) is 0 Å². The lowest BCUT2D eigenvalue weighted by Gasteiger charge is -2.30. The SMILES string of the molecule is Nc1ncccc1C(=O)c1nc(NC2CCCCC2N)ccc1C(F)(F)F. The monoisotopic (exact) mass is 379 g/mol. The number of nitrogens with zero attached hydrogens (tertiary/aromatic N) is 2. The predicted molar refractivity (Wildman–Crippen MR) is 95.2 cm³/mol. The number of nitrogen functional groups attached to an aromatic ring is 1. The molecule has 2 heterocycles. The number of aromatic nitrogens is 2. The van der Waals surface area contributed by atoms with Gasteiger partial charge in [0.15, 0.2) is 0 Å². The molecule has 5 N–H and O–H groups in total. The van der Waals surface area contributed by atoms with E-state index >= 15 is 0 Å². The highest BCUT2D eigenvalue weighted by Crippen LogP contribution is 2.33. The van der Waals surface area contributed by atoms with Crippen molar-refractivity contribution in [1.29, 1.82) is 0 Å². The molecule has 1 aliphatic carbocycles. The van der Waals surface area contributed by atoms with Gasteiger partial charge in [0.1, 0.15) is 17.3 Å². The van der Waals surface area contributed by atoms with Crippen LogP contribution in [0.5, 0.6) is 0 Å². The first-order chi connectivity index (χ1) is 12.8. The van der Waals surface area contributed by atoms with Crippen molar-refractivity contribution in [2.45, 2.75) is 43.9 Å². The highest BCUT2D eigenvalue weighted by atomic mass is 19.4. The molecule has 0 aliphatic heterocycles. The van der Waals surface area contributed by atoms with Crippen LogP contribution in [0.15, 0.2) is 30.5 Å². The summed E-state index contributed by atoms with van der Waals surface area (Å²) in [4.78, 5) is 20.4. The zero-order valence-corrected chi connectivity index (χ0v) is 14.5. The minimum atomic E-state index is -4.73. The van der Waals surface area contributed by atoms with E-state index < -0.39 is 23.2 Å². The highest BCUT2D eigenvalue weighted by molar-refractivity contribution is 6.11. The van der Waals surface area contributed by atoms with E-state index in [0.29, 0.717) is 0 Å². The molecule has 0 bridgehead atoms. The number of ketones is 1. The van der Waals surface area contributed by atoms with E-state index in [-0.39, 0.29) is 29.3 Å². The Morgan fingerprint density at radius 3 is 2.59 bits per heavy atom. The Labute approximate surface area is 154 Å². The third kappa shape index (κ3) is 4.19. The average molecular weight is 379 g/mol. The smallest absolute Gasteiger partial charge is 0.383 e. The van der Waals surface area contributed by atoms with Crippen molar-refractivity contribution in [2.75, 3.05) is 11.1 Å². The van der Waals surface area contributed by atoms with Crippen LogP contribution in [0.1, 0.15) is 47.3 Å². The lowest BCUT2D eigenvalue weighted by Crippen LogP contribution is -2.42. The topological polar surface area (TPSA) is 107 Å². The number of hydrogen-bond donors (Lipinski definition) is 3. The Kier molecular flexibility index (Phi) is 5.31. The van der Waals surface area contributed by atoms with E-state index in [9.17, 15) is 18.0 Å². The van der Waals surface area contributed by atoms with Crippen molar-refractivity contribution in [1.82, 2.24) is 9.97 Å². The molecule has 3 rings (SSSR count). The van der Waals surface area contributed by atoms with Gasteiger partial charge in [-0.1, -0.05) is 12.8 Å². The van der Waals surface area contributed by atoms with E-state index in [0.717, 1.165) is 31.7 Å². The highest BCUT2D eigenvalue weighted by Gasteiger charge is 2.37. The molecular formula is C18H20F3N5O. The molecule has 0 aromatic carbocycles. The van der Waals surface area contributed by atoms with Crippen molar-refractivity contribution >= 4 is 17.4 Å². The fourth-order valence-electron chi connectivity index (χ4n) is 3.21. The summed E-state index contributed by atoms with van der Waals surface area (Å²) < 4.78 is 40.2. The van der Waals surface area contributed by atoms with Crippen LogP contribution in [0.2, 0.25) is 0 Å². The minimum Gasteiger partial charge on any atom is -0.383 e. The molecule has 144 valence electrons. The molecule has 2 unspecified atom stereocenters. The van der Waals surface area contributed by atoms with E-state index in [1.54, 1.807) is 0 Å². The molecule has 0 saturated heterocycles. The number of hydrogen-bond acceptors (Lipinski definition) is 6. The predicted octanol–water partition coefficient (Wildman–Crippen LogP) is 2.99. The summed E-state index contributed by atoms with van der Waals surface area (Å²) in [5.74, 6) is -0.897. The van der Waals surface area contributed by atoms with Gasteiger partial charge in [0.2, 0.25) is 5.78 Å². The first kappa shape index (κ1) is 19.1. The van der Waals surface area contributed by atoms with Gasteiger partial charge in [-0.05, 0) is 37.1 Å². The van der Waals surface area contributed by atoms with Gasteiger partial charge in [-0.25, -0.2) is 9.97 Å². The number of halogens is 3. The van der Waals surface area contributed by atoms with Gasteiger partial charge in [-0.3, -0.25) is 4.79 Å². The summed E-state index contributed by atoms with van der Waals surface area (Å²) in [6.07, 6.45) is 0.244. The van der Waals surface area contributed by atoms with Crippen LogP contribution in [0.3, 0.4) is 0 Å². The molecule has 1 saturated carbocycles. The van der Waals surface area contributed by atoms with Gasteiger partial charge >= 0.3 is 6.18 Å². The standard InChI is InChI=1S/C18H20F3N5O/c19-18(20,21)11-7-8-14(25-13-6-2-1-5-12(13)22)26-15(11)16(27)10-4-3-9-24-17(10)23/h3-4,7-9,12-13H,1-2,5-6,22H2,(H2,23,24)(H,25,26). The van der Waals surface area contributed by atoms with Crippen molar-refractivity contribution in [3.63, 3.8) is 0 Å². The molecule has 1 fully saturated rings. The third-order valence-corrected chi connectivity index (χ3v) is 4.65. The number of pyridine rings is 2. The third-order valence-electron chi connectivity index (χ3n) is 4.65. The lowest BCUT2D eigenvalue weighted by molar-refractivity contribution is -0.138. The summed E-state index contributed by atoms with van der Waals surface area (Å²) >= 11 is 0. The van der Waals surface area contributed by atoms with Gasteiger partial charge in [-0.2, -0.15) is 13.2 Å². The van der Waals surface area contributed by atoms with Crippen molar-refractivity contribution in [3.05, 3.63) is 47.3 Å². The van der Waals surface area contributed by atoms with Crippen LogP contribution in [-0.4, -0.2) is 27.8 Å². The molecule has 9 heteroatoms. The quantitative estimate of drug-likeness (QED) is 0.705. The molecule has 2 aromatic heterocycles. The number of nitrogens with two attached hydrogens (primary N) is 2. The van der Waals surface area contributed by atoms with Gasteiger partial charge in [-0.15, -0.1) is 0 Å². The summed E-state index contributed by atoms with van der Waals surface area (Å²) in [5.41, 5.74) is 9.77. The van der Waals surface area contributed by atoms with Gasteiger partial charge in [0, 0.05) is 18.3 Å². The maximum absolute atomic E-state index is 13.4. The van der Waals surface area contributed by atoms with E-state index in [1.807, 2.05) is 0 Å². The van der Waals surface area contributed by atoms with E-state index in [4.69, 9.17) is 11.5 Å². The molecule has 2 atom stereocenters. The first-order valence-electron chi connectivity index (χ1n) is 8.63. The van der Waals surface area contributed by atoms with E-state index in [1.165, 1.54) is 24.4 Å². The molecule has 6 nitrogen and oxygen atoms in total. The molecule has 2 aromatic rings. The van der Waals surface area contributed by atoms with Gasteiger partial charge in [0.25, 0.3) is 0 Å². The number of nitrogens with one attached hydrogen (secondary N) is 1. The molecule has 0 spiro atoms. The van der Waals surface area contributed by atoms with Crippen LogP contribution < -0.4 is 16.8 Å². The van der Waals surface area contributed by atoms with Crippen molar-refractivity contribution < 1.29 is 18.0 Å². The zero-order chi connectivity index (χ0) is 19.6. The Balaban J connectivity index is 1.99. The van der Waals surface area contributed by atoms with Crippen LogP contribution >= 0.6 is 0 Å². The molecule has 27 heavy (non-hydrogen) atoms. The average Bonchev–Trinajstić information content (AvgIpc) is 2.62. The summed E-state index contributed by atoms with van der Waals surface area (Å²) in [7, 11) is 0. The van der Waals surface area contributed by atoms with Gasteiger partial charge in [0.05, 0.1) is 11.1 Å². The van der Waals surface area contributed by atoms with E-state index in [2.05, 4.69) is 15.3 Å². The number of rotatable bonds is 4. The van der Waals surface area contributed by atoms with Gasteiger partial charge < -0.3 is 16.8 Å². The molecule has 0 amide bonds. The van der Waals surface area contributed by atoms with Crippen molar-refractivity contribution in [3.8, 4) is 0 Å². The molecule has 0 radical (unpaired) electrons. The number of carbonyl (C=O) groups excluding carboxylic acids is 1. The first-order valence-corrected chi connectivity index (χ1v) is 8.63. The number of anilines is 2. The molecule has 1 aliphatic rings. The summed E-state index contributed by atoms with van der Waals surface area (Å²) in [6, 6.07) is 4.60. The normalized spacial score (nSPS) is 20.3. The van der Waals surface area contributed by atoms with Crippen LogP contribution in [0, 0.1) is 0 Å². The van der Waals surface area contributed by atoms with Crippen molar-refractivity contribution in [2.24, 2.45) is 5.73 Å². The Hall–Kier alpha value is -2.68. The summed E-state index contributed by atoms with van der Waals surface area (Å²) in [6.45, 7) is 0. The second-order valence-corrected chi connectivity index (χ2v) is 6.55. The zero-order valence-electron chi connectivity index (χ0n) is 14.5. The second-order valence-electron chi connectivity index (χ2n) is 6.55. The maximum Gasteiger partial charge on any atom is 0.418 e. The Morgan fingerprint density at radius 2 is 1.93 bits per heavy atom. The molecular weight excluding hydrogens is 359 g/mol.